The van der Waals surface area contributed by atoms with E-state index >= 15 is 0 Å². The normalized spacial score (nSPS) is 14.9. The largest absolute Gasteiger partial charge is 0.507 e. The van der Waals surface area contributed by atoms with Gasteiger partial charge in [0.2, 0.25) is 0 Å². The van der Waals surface area contributed by atoms with E-state index in [1.54, 1.807) is 29.7 Å². The minimum absolute atomic E-state index is 0.0116. The molecule has 0 bridgehead atoms. The number of ether oxygens (including phenoxy) is 1. The van der Waals surface area contributed by atoms with E-state index in [9.17, 15) is 14.7 Å². The van der Waals surface area contributed by atoms with Crippen LogP contribution in [0.25, 0.3) is 11.8 Å². The maximum absolute atomic E-state index is 14.2. The molecule has 5 aromatic rings. The molecule has 0 amide bonds. The van der Waals surface area contributed by atoms with Gasteiger partial charge in [-0.3, -0.25) is 9.36 Å². The molecule has 46 heavy (non-hydrogen) atoms. The van der Waals surface area contributed by atoms with Gasteiger partial charge in [-0.25, -0.2) is 9.79 Å². The molecule has 4 aromatic carbocycles. The highest BCUT2D eigenvalue weighted by molar-refractivity contribution is 7.07. The smallest absolute Gasteiger partial charge is 0.338 e. The van der Waals surface area contributed by atoms with Crippen molar-refractivity contribution in [2.45, 2.75) is 32.7 Å². The van der Waals surface area contributed by atoms with Gasteiger partial charge in [-0.2, -0.15) is 10.2 Å². The van der Waals surface area contributed by atoms with Crippen molar-refractivity contribution >= 4 is 40.5 Å². The lowest BCUT2D eigenvalue weighted by atomic mass is 9.91. The third kappa shape index (κ3) is 6.23. The minimum Gasteiger partial charge on any atom is -0.507 e. The number of benzene rings is 4. The summed E-state index contributed by atoms with van der Waals surface area (Å²) in [5, 5.41) is 19.3. The molecule has 6 rings (SSSR count). The minimum atomic E-state index is -0.784. The molecule has 1 atom stereocenters. The Balaban J connectivity index is 1.54. The highest BCUT2D eigenvalue weighted by atomic mass is 32.1. The zero-order chi connectivity index (χ0) is 32.2. The molecular formula is C37H32N4O4S. The highest BCUT2D eigenvalue weighted by Crippen LogP contribution is 2.36. The quantitative estimate of drug-likeness (QED) is 0.145. The zero-order valence-corrected chi connectivity index (χ0v) is 26.4. The van der Waals surface area contributed by atoms with Crippen molar-refractivity contribution in [2.75, 3.05) is 6.61 Å². The monoisotopic (exact) mass is 628 g/mol. The summed E-state index contributed by atoms with van der Waals surface area (Å²) in [6.07, 6.45) is 1.62. The molecule has 0 fully saturated rings. The van der Waals surface area contributed by atoms with E-state index in [0.29, 0.717) is 37.9 Å². The molecule has 0 aliphatic carbocycles. The van der Waals surface area contributed by atoms with Crippen LogP contribution in [0.4, 0.5) is 11.4 Å². The van der Waals surface area contributed by atoms with E-state index < -0.39 is 12.0 Å². The topological polar surface area (TPSA) is 106 Å². The fourth-order valence-corrected chi connectivity index (χ4v) is 6.28. The van der Waals surface area contributed by atoms with Gasteiger partial charge in [-0.05, 0) is 60.4 Å². The number of nitrogens with zero attached hydrogens (tertiary/aromatic N) is 4. The van der Waals surface area contributed by atoms with Crippen LogP contribution in [0.1, 0.15) is 55.0 Å². The number of carbonyl (C=O) groups is 1. The molecular weight excluding hydrogens is 596 g/mol. The summed E-state index contributed by atoms with van der Waals surface area (Å²) in [4.78, 5) is 33.3. The Hall–Kier alpha value is -5.41. The molecule has 0 spiro atoms. The van der Waals surface area contributed by atoms with Crippen molar-refractivity contribution in [2.24, 2.45) is 15.2 Å². The third-order valence-electron chi connectivity index (χ3n) is 7.63. The second-order valence-electron chi connectivity index (χ2n) is 11.0. The number of phenols is 1. The number of aromatic nitrogens is 1. The van der Waals surface area contributed by atoms with Gasteiger partial charge in [0.25, 0.3) is 5.56 Å². The average Bonchev–Trinajstić information content (AvgIpc) is 3.39. The molecule has 1 aromatic heterocycles. The summed E-state index contributed by atoms with van der Waals surface area (Å²) in [5.41, 5.74) is 4.65. The van der Waals surface area contributed by atoms with E-state index in [1.807, 2.05) is 84.9 Å². The van der Waals surface area contributed by atoms with Crippen LogP contribution in [-0.2, 0) is 9.53 Å². The summed E-state index contributed by atoms with van der Waals surface area (Å²) in [7, 11) is 0. The van der Waals surface area contributed by atoms with Gasteiger partial charge in [-0.15, -0.1) is 0 Å². The standard InChI is InChI=1S/C37H32N4O4S/c1-4-45-36(44)32-33(25-11-7-5-8-12-25)38-37-41(34(32)26-17-15-24(16-18-26)23(2)3)35(43)31(46-37)22-27-21-29(19-20-30(27)42)40-39-28-13-9-6-10-14-28/h5-23,34,42H,4H2,1-3H3/b31-22-,40-39?/t34-/m0/s1. The summed E-state index contributed by atoms with van der Waals surface area (Å²) in [6.45, 7) is 6.15. The van der Waals surface area contributed by atoms with Crippen molar-refractivity contribution in [3.05, 3.63) is 151 Å². The van der Waals surface area contributed by atoms with E-state index in [4.69, 9.17) is 9.73 Å². The van der Waals surface area contributed by atoms with E-state index in [0.717, 1.165) is 16.7 Å². The first kappa shape index (κ1) is 30.6. The van der Waals surface area contributed by atoms with Gasteiger partial charge in [0, 0.05) is 11.1 Å². The number of carbonyl (C=O) groups excluding carboxylic acids is 1. The second-order valence-corrected chi connectivity index (χ2v) is 12.0. The molecule has 1 aliphatic heterocycles. The van der Waals surface area contributed by atoms with E-state index in [2.05, 4.69) is 24.1 Å². The predicted molar refractivity (Wildman–Crippen MR) is 180 cm³/mol. The maximum Gasteiger partial charge on any atom is 0.338 e. The van der Waals surface area contributed by atoms with Crippen molar-refractivity contribution < 1.29 is 14.6 Å². The molecule has 0 saturated carbocycles. The fourth-order valence-electron chi connectivity index (χ4n) is 5.29. The number of thiazole rings is 1. The zero-order valence-electron chi connectivity index (χ0n) is 25.6. The summed E-state index contributed by atoms with van der Waals surface area (Å²) < 4.78 is 7.45. The summed E-state index contributed by atoms with van der Waals surface area (Å²) >= 11 is 1.19. The lowest BCUT2D eigenvalue weighted by Crippen LogP contribution is -2.40. The van der Waals surface area contributed by atoms with Crippen molar-refractivity contribution in [1.29, 1.82) is 0 Å². The average molecular weight is 629 g/mol. The molecule has 8 nitrogen and oxygen atoms in total. The third-order valence-corrected chi connectivity index (χ3v) is 8.61. The number of azo groups is 1. The number of aromatic hydroxyl groups is 1. The van der Waals surface area contributed by atoms with E-state index in [-0.39, 0.29) is 23.5 Å². The first-order valence-electron chi connectivity index (χ1n) is 15.0. The number of esters is 1. The summed E-state index contributed by atoms with van der Waals surface area (Å²) in [6, 6.07) is 30.8. The van der Waals surface area contributed by atoms with Crippen LogP contribution in [0.2, 0.25) is 0 Å². The molecule has 1 aliphatic rings. The number of phenolic OH excluding ortho intramolecular Hbond substituents is 1. The number of hydrogen-bond acceptors (Lipinski definition) is 8. The summed E-state index contributed by atoms with van der Waals surface area (Å²) in [5.74, 6) is -0.236. The Bertz CT molecular complexity index is 2130. The Morgan fingerprint density at radius 3 is 2.30 bits per heavy atom. The number of hydrogen-bond donors (Lipinski definition) is 1. The van der Waals surface area contributed by atoms with Gasteiger partial charge in [0.05, 0.1) is 39.8 Å². The first-order valence-corrected chi connectivity index (χ1v) is 15.8. The Labute approximate surface area is 270 Å². The van der Waals surface area contributed by atoms with Crippen molar-refractivity contribution in [3.63, 3.8) is 0 Å². The SMILES string of the molecule is CCOC(=O)C1=C(c2ccccc2)N=c2s/c(=C\c3cc(N=Nc4ccccc4)ccc3O)c(=O)n2[C@H]1c1ccc(C(C)C)cc1. The van der Waals surface area contributed by atoms with Crippen molar-refractivity contribution in [3.8, 4) is 5.75 Å². The van der Waals surface area contributed by atoms with Gasteiger partial charge < -0.3 is 9.84 Å². The second kappa shape index (κ2) is 13.3. The molecule has 9 heteroatoms. The van der Waals surface area contributed by atoms with Crippen LogP contribution in [0.3, 0.4) is 0 Å². The Morgan fingerprint density at radius 2 is 1.63 bits per heavy atom. The first-order chi connectivity index (χ1) is 22.3. The Kier molecular flexibility index (Phi) is 8.85. The molecule has 230 valence electrons. The van der Waals surface area contributed by atoms with Crippen LogP contribution < -0.4 is 14.9 Å². The molecule has 1 N–H and O–H groups in total. The number of rotatable bonds is 8. The van der Waals surface area contributed by atoms with Crippen molar-refractivity contribution in [1.82, 2.24) is 4.57 Å². The Morgan fingerprint density at radius 1 is 0.957 bits per heavy atom. The van der Waals surface area contributed by atoms with Crippen LogP contribution in [0.5, 0.6) is 5.75 Å². The maximum atomic E-state index is 14.2. The van der Waals surface area contributed by atoms with Gasteiger partial charge in [0.1, 0.15) is 5.75 Å². The van der Waals surface area contributed by atoms with Crippen LogP contribution >= 0.6 is 11.3 Å². The van der Waals surface area contributed by atoms with Gasteiger partial charge >= 0.3 is 5.97 Å². The lowest BCUT2D eigenvalue weighted by molar-refractivity contribution is -0.138. The molecule has 2 heterocycles. The van der Waals surface area contributed by atoms with Crippen LogP contribution in [-0.4, -0.2) is 22.2 Å². The van der Waals surface area contributed by atoms with Gasteiger partial charge in [0.15, 0.2) is 4.80 Å². The predicted octanol–water partition coefficient (Wildman–Crippen LogP) is 7.18. The van der Waals surface area contributed by atoms with E-state index in [1.165, 1.54) is 17.4 Å². The highest BCUT2D eigenvalue weighted by Gasteiger charge is 2.35. The van der Waals surface area contributed by atoms with Crippen LogP contribution in [0, 0.1) is 0 Å². The van der Waals surface area contributed by atoms with Gasteiger partial charge in [-0.1, -0.05) is 98.0 Å². The molecule has 0 saturated heterocycles. The van der Waals surface area contributed by atoms with Crippen LogP contribution in [0.15, 0.2) is 129 Å². The number of fused-ring (bicyclic) bond motifs is 1. The lowest BCUT2D eigenvalue weighted by Gasteiger charge is -2.26. The molecule has 0 radical (unpaired) electrons. The fraction of sp³-hybridized carbons (Fsp3) is 0.162. The molecule has 0 unspecified atom stereocenters.